The predicted octanol–water partition coefficient (Wildman–Crippen LogP) is 3.44. The number of amides is 1. The molecule has 1 heterocycles. The molecule has 0 bridgehead atoms. The number of halogens is 1. The molecule has 1 aromatic heterocycles. The van der Waals surface area contributed by atoms with Crippen LogP contribution in [0.15, 0.2) is 59.0 Å². The van der Waals surface area contributed by atoms with Gasteiger partial charge in [0.15, 0.2) is 0 Å². The maximum absolute atomic E-state index is 12.9. The van der Waals surface area contributed by atoms with Crippen LogP contribution in [-0.4, -0.2) is 21.0 Å². The fourth-order valence-corrected chi connectivity index (χ4v) is 2.01. The molecule has 0 spiro atoms. The van der Waals surface area contributed by atoms with Crippen LogP contribution in [0.4, 0.5) is 16.1 Å². The molecule has 0 fully saturated rings. The highest BCUT2D eigenvalue weighted by Gasteiger charge is 2.10. The number of nitrogens with one attached hydrogen (secondary N) is 1. The molecule has 130 valence electrons. The largest absolute Gasteiger partial charge is 0.403 e. The summed E-state index contributed by atoms with van der Waals surface area (Å²) in [5, 5.41) is 20.4. The number of hydrogen-bond donors (Lipinski definition) is 1. The molecule has 1 amide bonds. The third-order valence-electron chi connectivity index (χ3n) is 3.28. The van der Waals surface area contributed by atoms with Crippen LogP contribution in [0.1, 0.15) is 5.56 Å². The quantitative estimate of drug-likeness (QED) is 0.427. The van der Waals surface area contributed by atoms with Crippen LogP contribution in [-0.2, 0) is 4.79 Å². The van der Waals surface area contributed by atoms with Crippen molar-refractivity contribution in [3.05, 3.63) is 76.1 Å². The average molecular weight is 354 g/mol. The lowest BCUT2D eigenvalue weighted by Crippen LogP contribution is -2.07. The SMILES string of the molecule is O=C(/C=C\c1ccc([N+](=O)[O-])cc1)Nc1nnc(-c2ccc(F)cc2)o1. The topological polar surface area (TPSA) is 111 Å². The van der Waals surface area contributed by atoms with Crippen LogP contribution < -0.4 is 5.32 Å². The van der Waals surface area contributed by atoms with Gasteiger partial charge in [-0.2, -0.15) is 0 Å². The van der Waals surface area contributed by atoms with E-state index in [4.69, 9.17) is 4.42 Å². The van der Waals surface area contributed by atoms with Crippen LogP contribution in [0.25, 0.3) is 17.5 Å². The summed E-state index contributed by atoms with van der Waals surface area (Å²) in [7, 11) is 0. The number of nitro benzene ring substituents is 1. The number of nitrogens with zero attached hydrogens (tertiary/aromatic N) is 3. The van der Waals surface area contributed by atoms with E-state index in [9.17, 15) is 19.3 Å². The van der Waals surface area contributed by atoms with Crippen molar-refractivity contribution < 1.29 is 18.5 Å². The first kappa shape index (κ1) is 17.0. The molecule has 2 aromatic carbocycles. The van der Waals surface area contributed by atoms with E-state index in [1.54, 1.807) is 0 Å². The summed E-state index contributed by atoms with van der Waals surface area (Å²) >= 11 is 0. The smallest absolute Gasteiger partial charge is 0.322 e. The molecular weight excluding hydrogens is 343 g/mol. The van der Waals surface area contributed by atoms with E-state index in [1.807, 2.05) is 0 Å². The summed E-state index contributed by atoms with van der Waals surface area (Å²) in [5.41, 5.74) is 1.09. The minimum absolute atomic E-state index is 0.0363. The number of hydrogen-bond acceptors (Lipinski definition) is 6. The molecule has 0 atom stereocenters. The van der Waals surface area contributed by atoms with Gasteiger partial charge in [-0.3, -0.25) is 20.2 Å². The Morgan fingerprint density at radius 1 is 1.12 bits per heavy atom. The van der Waals surface area contributed by atoms with E-state index in [1.165, 1.54) is 60.7 Å². The average Bonchev–Trinajstić information content (AvgIpc) is 3.09. The van der Waals surface area contributed by atoms with Gasteiger partial charge in [0.05, 0.1) is 4.92 Å². The van der Waals surface area contributed by atoms with E-state index >= 15 is 0 Å². The standard InChI is InChI=1S/C17H11FN4O4/c18-13-6-4-12(5-7-13)16-20-21-17(26-16)19-15(23)10-3-11-1-8-14(9-2-11)22(24)25/h1-10H,(H,19,21,23)/b10-3-. The fourth-order valence-electron chi connectivity index (χ4n) is 2.01. The van der Waals surface area contributed by atoms with E-state index in [-0.39, 0.29) is 17.6 Å². The summed E-state index contributed by atoms with van der Waals surface area (Å²) < 4.78 is 18.2. The third kappa shape index (κ3) is 4.15. The van der Waals surface area contributed by atoms with Crippen molar-refractivity contribution in [2.24, 2.45) is 0 Å². The molecule has 9 heteroatoms. The van der Waals surface area contributed by atoms with Gasteiger partial charge in [-0.05, 0) is 48.0 Å². The fraction of sp³-hybridized carbons (Fsp3) is 0. The highest BCUT2D eigenvalue weighted by Crippen LogP contribution is 2.20. The van der Waals surface area contributed by atoms with Gasteiger partial charge < -0.3 is 4.42 Å². The summed E-state index contributed by atoms with van der Waals surface area (Å²) in [4.78, 5) is 21.9. The third-order valence-corrected chi connectivity index (χ3v) is 3.28. The molecule has 0 radical (unpaired) electrons. The van der Waals surface area contributed by atoms with Gasteiger partial charge in [0, 0.05) is 23.8 Å². The lowest BCUT2D eigenvalue weighted by atomic mass is 10.2. The lowest BCUT2D eigenvalue weighted by Gasteiger charge is -1.96. The number of rotatable bonds is 5. The Bertz CT molecular complexity index is 965. The molecule has 26 heavy (non-hydrogen) atoms. The van der Waals surface area contributed by atoms with Crippen LogP contribution in [0.3, 0.4) is 0 Å². The number of anilines is 1. The highest BCUT2D eigenvalue weighted by molar-refractivity contribution is 6.00. The van der Waals surface area contributed by atoms with Gasteiger partial charge in [-0.25, -0.2) is 4.39 Å². The Balaban J connectivity index is 1.63. The number of nitro groups is 1. The van der Waals surface area contributed by atoms with E-state index in [2.05, 4.69) is 15.5 Å². The van der Waals surface area contributed by atoms with Crippen LogP contribution in [0.2, 0.25) is 0 Å². The molecule has 3 rings (SSSR count). The number of carbonyl (C=O) groups excluding carboxylic acids is 1. The molecule has 0 saturated carbocycles. The van der Waals surface area contributed by atoms with Crippen molar-refractivity contribution in [3.63, 3.8) is 0 Å². The number of carbonyl (C=O) groups is 1. The zero-order chi connectivity index (χ0) is 18.5. The van der Waals surface area contributed by atoms with Crippen molar-refractivity contribution in [2.45, 2.75) is 0 Å². The van der Waals surface area contributed by atoms with E-state index < -0.39 is 16.6 Å². The van der Waals surface area contributed by atoms with Crippen LogP contribution in [0, 0.1) is 15.9 Å². The van der Waals surface area contributed by atoms with Gasteiger partial charge in [-0.1, -0.05) is 5.10 Å². The molecule has 1 N–H and O–H groups in total. The van der Waals surface area contributed by atoms with Gasteiger partial charge >= 0.3 is 6.01 Å². The molecule has 8 nitrogen and oxygen atoms in total. The van der Waals surface area contributed by atoms with E-state index in [0.29, 0.717) is 11.1 Å². The summed E-state index contributed by atoms with van der Waals surface area (Å²) in [5.74, 6) is -0.768. The Labute approximate surface area is 146 Å². The van der Waals surface area contributed by atoms with Crippen molar-refractivity contribution in [1.82, 2.24) is 10.2 Å². The second kappa shape index (κ2) is 7.34. The summed E-state index contributed by atoms with van der Waals surface area (Å²) in [6.45, 7) is 0. The lowest BCUT2D eigenvalue weighted by molar-refractivity contribution is -0.384. The van der Waals surface area contributed by atoms with Crippen molar-refractivity contribution >= 4 is 23.7 Å². The zero-order valence-electron chi connectivity index (χ0n) is 13.1. The number of benzene rings is 2. The first-order valence-electron chi connectivity index (χ1n) is 7.34. The van der Waals surface area contributed by atoms with Crippen molar-refractivity contribution in [1.29, 1.82) is 0 Å². The molecule has 0 unspecified atom stereocenters. The maximum Gasteiger partial charge on any atom is 0.322 e. The molecule has 0 aliphatic carbocycles. The van der Waals surface area contributed by atoms with Crippen LogP contribution in [0.5, 0.6) is 0 Å². The minimum atomic E-state index is -0.516. The Morgan fingerprint density at radius 3 is 2.46 bits per heavy atom. The first-order chi connectivity index (χ1) is 12.5. The summed E-state index contributed by atoms with van der Waals surface area (Å²) in [6, 6.07) is 11.1. The zero-order valence-corrected chi connectivity index (χ0v) is 13.1. The molecule has 0 saturated heterocycles. The normalized spacial score (nSPS) is 10.8. The number of non-ortho nitro benzene ring substituents is 1. The molecule has 3 aromatic rings. The minimum Gasteiger partial charge on any atom is -0.403 e. The molecule has 0 aliphatic heterocycles. The maximum atomic E-state index is 12.9. The predicted molar refractivity (Wildman–Crippen MR) is 90.5 cm³/mol. The van der Waals surface area contributed by atoms with Gasteiger partial charge in [0.2, 0.25) is 5.89 Å². The Morgan fingerprint density at radius 2 is 1.81 bits per heavy atom. The molecular formula is C17H11FN4O4. The van der Waals surface area contributed by atoms with Crippen molar-refractivity contribution in [2.75, 3.05) is 5.32 Å². The number of aromatic nitrogens is 2. The second-order valence-corrected chi connectivity index (χ2v) is 5.09. The second-order valence-electron chi connectivity index (χ2n) is 5.09. The highest BCUT2D eigenvalue weighted by atomic mass is 19.1. The van der Waals surface area contributed by atoms with Gasteiger partial charge in [0.1, 0.15) is 5.82 Å². The van der Waals surface area contributed by atoms with Crippen LogP contribution >= 0.6 is 0 Å². The summed E-state index contributed by atoms with van der Waals surface area (Å²) in [6.07, 6.45) is 2.71. The van der Waals surface area contributed by atoms with Gasteiger partial charge in [0.25, 0.3) is 11.6 Å². The van der Waals surface area contributed by atoms with Crippen molar-refractivity contribution in [3.8, 4) is 11.5 Å². The Hall–Kier alpha value is -3.88. The van der Waals surface area contributed by atoms with Gasteiger partial charge in [-0.15, -0.1) is 5.10 Å². The molecule has 0 aliphatic rings. The first-order valence-corrected chi connectivity index (χ1v) is 7.34. The Kier molecular flexibility index (Phi) is 4.79. The van der Waals surface area contributed by atoms with E-state index in [0.717, 1.165) is 0 Å². The monoisotopic (exact) mass is 354 g/mol.